The molecule has 0 spiro atoms. The van der Waals surface area contributed by atoms with Crippen LogP contribution >= 0.6 is 0 Å². The van der Waals surface area contributed by atoms with Gasteiger partial charge in [-0.25, -0.2) is 4.79 Å². The summed E-state index contributed by atoms with van der Waals surface area (Å²) >= 11 is 0. The molecule has 2 aromatic carbocycles. The van der Waals surface area contributed by atoms with E-state index in [0.717, 1.165) is 5.56 Å². The van der Waals surface area contributed by atoms with Gasteiger partial charge in [-0.3, -0.25) is 19.8 Å². The summed E-state index contributed by atoms with van der Waals surface area (Å²) in [5, 5.41) is 5.41. The van der Waals surface area contributed by atoms with Gasteiger partial charge in [0.1, 0.15) is 23.6 Å². The molecular weight excluding hydrogens is 414 g/mol. The van der Waals surface area contributed by atoms with Crippen LogP contribution in [0.15, 0.2) is 36.4 Å². The zero-order valence-corrected chi connectivity index (χ0v) is 18.8. The van der Waals surface area contributed by atoms with Crippen LogP contribution in [0.3, 0.4) is 0 Å². The molecule has 0 bridgehead atoms. The monoisotopic (exact) mass is 441 g/mol. The maximum atomic E-state index is 12.7. The number of nitrogens with one attached hydrogen (secondary N) is 2. The lowest BCUT2D eigenvalue weighted by atomic mass is 10.2. The van der Waals surface area contributed by atoms with E-state index in [1.165, 1.54) is 12.0 Å². The molecule has 170 valence electrons. The molecule has 0 unspecified atom stereocenters. The van der Waals surface area contributed by atoms with Crippen LogP contribution in [-0.4, -0.2) is 43.8 Å². The van der Waals surface area contributed by atoms with E-state index >= 15 is 0 Å². The van der Waals surface area contributed by atoms with Gasteiger partial charge in [0.15, 0.2) is 6.61 Å². The summed E-state index contributed by atoms with van der Waals surface area (Å²) in [4.78, 5) is 38.7. The van der Waals surface area contributed by atoms with Gasteiger partial charge in [-0.05, 0) is 63.6 Å². The van der Waals surface area contributed by atoms with E-state index in [1.807, 2.05) is 13.0 Å². The summed E-state index contributed by atoms with van der Waals surface area (Å²) in [5.74, 6) is 0.167. The van der Waals surface area contributed by atoms with Crippen molar-refractivity contribution >= 4 is 35.0 Å². The fourth-order valence-electron chi connectivity index (χ4n) is 3.13. The number of fused-ring (bicyclic) bond motifs is 1. The average Bonchev–Trinajstić information content (AvgIpc) is 2.69. The Morgan fingerprint density at radius 1 is 1.12 bits per heavy atom. The van der Waals surface area contributed by atoms with Crippen molar-refractivity contribution in [2.45, 2.75) is 33.3 Å². The highest BCUT2D eigenvalue weighted by Crippen LogP contribution is 2.35. The predicted molar refractivity (Wildman–Crippen MR) is 121 cm³/mol. The van der Waals surface area contributed by atoms with Crippen LogP contribution in [0, 0.1) is 6.92 Å². The number of amides is 3. The van der Waals surface area contributed by atoms with Gasteiger partial charge in [0.05, 0.1) is 18.5 Å². The minimum Gasteiger partial charge on any atom is -0.495 e. The van der Waals surface area contributed by atoms with Crippen molar-refractivity contribution in [3.8, 4) is 11.5 Å². The van der Waals surface area contributed by atoms with Crippen molar-refractivity contribution in [2.75, 3.05) is 35.8 Å². The van der Waals surface area contributed by atoms with E-state index in [0.29, 0.717) is 28.6 Å². The highest BCUT2D eigenvalue weighted by Gasteiger charge is 2.28. The summed E-state index contributed by atoms with van der Waals surface area (Å²) < 4.78 is 16.0. The fourth-order valence-corrected chi connectivity index (χ4v) is 3.13. The van der Waals surface area contributed by atoms with Gasteiger partial charge in [0.25, 0.3) is 5.91 Å². The first-order valence-electron chi connectivity index (χ1n) is 10.1. The van der Waals surface area contributed by atoms with Gasteiger partial charge in [-0.1, -0.05) is 6.07 Å². The molecular formula is C23H27N3O6. The molecule has 2 N–H and O–H groups in total. The molecule has 1 heterocycles. The molecule has 1 aliphatic heterocycles. The Bertz CT molecular complexity index is 1040. The number of carbonyl (C=O) groups is 3. The smallest absolute Gasteiger partial charge is 0.412 e. The van der Waals surface area contributed by atoms with Gasteiger partial charge in [0.2, 0.25) is 5.91 Å². The number of benzene rings is 2. The van der Waals surface area contributed by atoms with Crippen LogP contribution in [0.25, 0.3) is 0 Å². The van der Waals surface area contributed by atoms with Gasteiger partial charge >= 0.3 is 6.09 Å². The number of nitrogens with zero attached hydrogens (tertiary/aromatic N) is 1. The second kappa shape index (κ2) is 9.17. The quantitative estimate of drug-likeness (QED) is 0.733. The number of methoxy groups -OCH3 is 1. The maximum absolute atomic E-state index is 12.7. The first-order chi connectivity index (χ1) is 15.1. The Morgan fingerprint density at radius 3 is 2.56 bits per heavy atom. The summed E-state index contributed by atoms with van der Waals surface area (Å²) in [6.45, 7) is 6.76. The van der Waals surface area contributed by atoms with E-state index < -0.39 is 17.6 Å². The summed E-state index contributed by atoms with van der Waals surface area (Å²) in [7, 11) is 1.52. The first-order valence-corrected chi connectivity index (χ1v) is 10.1. The van der Waals surface area contributed by atoms with Gasteiger partial charge in [0, 0.05) is 5.69 Å². The lowest BCUT2D eigenvalue weighted by Crippen LogP contribution is -2.43. The van der Waals surface area contributed by atoms with Crippen LogP contribution in [-0.2, 0) is 14.3 Å². The van der Waals surface area contributed by atoms with E-state index in [4.69, 9.17) is 14.2 Å². The first kappa shape index (κ1) is 22.9. The number of aryl methyl sites for hydroxylation is 1. The van der Waals surface area contributed by atoms with Crippen LogP contribution in [0.4, 0.5) is 21.9 Å². The predicted octanol–water partition coefficient (Wildman–Crippen LogP) is 3.71. The second-order valence-electron chi connectivity index (χ2n) is 8.33. The lowest BCUT2D eigenvalue weighted by Gasteiger charge is -2.29. The van der Waals surface area contributed by atoms with Crippen molar-refractivity contribution in [1.29, 1.82) is 0 Å². The number of rotatable bonds is 5. The molecule has 9 heteroatoms. The normalized spacial score (nSPS) is 13.0. The van der Waals surface area contributed by atoms with E-state index in [2.05, 4.69) is 10.6 Å². The third-order valence-corrected chi connectivity index (χ3v) is 4.48. The third kappa shape index (κ3) is 5.69. The second-order valence-corrected chi connectivity index (χ2v) is 8.33. The molecule has 32 heavy (non-hydrogen) atoms. The highest BCUT2D eigenvalue weighted by atomic mass is 16.6. The van der Waals surface area contributed by atoms with Crippen LogP contribution in [0.5, 0.6) is 11.5 Å². The van der Waals surface area contributed by atoms with Crippen molar-refractivity contribution in [3.05, 3.63) is 42.0 Å². The van der Waals surface area contributed by atoms with Crippen molar-refractivity contribution in [2.24, 2.45) is 0 Å². The van der Waals surface area contributed by atoms with E-state index in [-0.39, 0.29) is 19.1 Å². The number of hydrogen-bond donors (Lipinski definition) is 2. The van der Waals surface area contributed by atoms with Crippen LogP contribution < -0.4 is 25.0 Å². The molecule has 0 radical (unpaired) electrons. The largest absolute Gasteiger partial charge is 0.495 e. The molecule has 0 fully saturated rings. The van der Waals surface area contributed by atoms with Gasteiger partial charge in [-0.2, -0.15) is 0 Å². The minimum atomic E-state index is -0.654. The van der Waals surface area contributed by atoms with Gasteiger partial charge in [-0.15, -0.1) is 0 Å². The SMILES string of the molecule is COc1ccc(C)cc1NC(=O)CN1C(=O)COc2ccc(NC(=O)OC(C)(C)C)cc21. The minimum absolute atomic E-state index is 0.188. The molecule has 2 aromatic rings. The zero-order valence-electron chi connectivity index (χ0n) is 18.8. The summed E-state index contributed by atoms with van der Waals surface area (Å²) in [6, 6.07) is 10.2. The lowest BCUT2D eigenvalue weighted by molar-refractivity contribution is -0.123. The molecule has 0 atom stereocenters. The molecule has 3 rings (SSSR count). The number of carbonyl (C=O) groups excluding carboxylic acids is 3. The van der Waals surface area contributed by atoms with E-state index in [9.17, 15) is 14.4 Å². The van der Waals surface area contributed by atoms with Gasteiger partial charge < -0.3 is 19.5 Å². The molecule has 0 aromatic heterocycles. The molecule has 0 aliphatic carbocycles. The molecule has 9 nitrogen and oxygen atoms in total. The number of anilines is 3. The highest BCUT2D eigenvalue weighted by molar-refractivity contribution is 6.06. The van der Waals surface area contributed by atoms with Crippen molar-refractivity contribution in [3.63, 3.8) is 0 Å². The molecule has 0 saturated carbocycles. The maximum Gasteiger partial charge on any atom is 0.412 e. The zero-order chi connectivity index (χ0) is 23.5. The van der Waals surface area contributed by atoms with E-state index in [1.54, 1.807) is 51.1 Å². The third-order valence-electron chi connectivity index (χ3n) is 4.48. The van der Waals surface area contributed by atoms with Crippen molar-refractivity contribution < 1.29 is 28.6 Å². The average molecular weight is 441 g/mol. The van der Waals surface area contributed by atoms with Crippen molar-refractivity contribution in [1.82, 2.24) is 0 Å². The topological polar surface area (TPSA) is 106 Å². The Hall–Kier alpha value is -3.75. The standard InChI is InChI=1S/C23H27N3O6/c1-14-6-8-18(30-5)16(10-14)25-20(27)12-26-17-11-15(24-22(29)32-23(2,3)4)7-9-19(17)31-13-21(26)28/h6-11H,12-13H2,1-5H3,(H,24,29)(H,25,27). The molecule has 1 aliphatic rings. The van der Waals surface area contributed by atoms with Crippen LogP contribution in [0.2, 0.25) is 0 Å². The number of hydrogen-bond acceptors (Lipinski definition) is 6. The number of ether oxygens (including phenoxy) is 3. The van der Waals surface area contributed by atoms with Crippen LogP contribution in [0.1, 0.15) is 26.3 Å². The molecule has 0 saturated heterocycles. The Morgan fingerprint density at radius 2 is 1.88 bits per heavy atom. The fraction of sp³-hybridized carbons (Fsp3) is 0.348. The Kier molecular flexibility index (Phi) is 6.57. The summed E-state index contributed by atoms with van der Waals surface area (Å²) in [6.07, 6.45) is -0.628. The summed E-state index contributed by atoms with van der Waals surface area (Å²) in [5.41, 5.74) is 1.59. The Balaban J connectivity index is 1.78. The molecule has 3 amide bonds. The Labute approximate surface area is 186 Å².